The van der Waals surface area contributed by atoms with Gasteiger partial charge in [0.2, 0.25) is 0 Å². The molecule has 0 amide bonds. The van der Waals surface area contributed by atoms with E-state index in [1.54, 1.807) is 6.08 Å². The second-order valence-corrected chi connectivity index (χ2v) is 3.39. The summed E-state index contributed by atoms with van der Waals surface area (Å²) in [5, 5.41) is 11.6. The molecule has 1 saturated heterocycles. The topological polar surface area (TPSA) is 35.8 Å². The van der Waals surface area contributed by atoms with Gasteiger partial charge in [0.1, 0.15) is 0 Å². The van der Waals surface area contributed by atoms with Crippen molar-refractivity contribution in [3.8, 4) is 6.07 Å². The molecule has 2 aliphatic rings. The zero-order chi connectivity index (χ0) is 7.03. The molecule has 0 atom stereocenters. The van der Waals surface area contributed by atoms with Crippen LogP contribution in [0.1, 0.15) is 12.8 Å². The first-order chi connectivity index (χ1) is 4.85. The maximum atomic E-state index is 8.32. The third-order valence-electron chi connectivity index (χ3n) is 2.47. The Bertz CT molecular complexity index is 208. The molecular weight excluding hydrogens is 124 g/mol. The highest BCUT2D eigenvalue weighted by molar-refractivity contribution is 5.27. The van der Waals surface area contributed by atoms with Crippen LogP contribution in [0.4, 0.5) is 0 Å². The average molecular weight is 134 g/mol. The molecule has 1 spiro atoms. The van der Waals surface area contributed by atoms with Crippen LogP contribution in [0.2, 0.25) is 0 Å². The fourth-order valence-corrected chi connectivity index (χ4v) is 1.83. The van der Waals surface area contributed by atoms with Crippen molar-refractivity contribution in [3.05, 3.63) is 11.6 Å². The molecule has 1 heterocycles. The maximum Gasteiger partial charge on any atom is 0.0911 e. The van der Waals surface area contributed by atoms with Crippen molar-refractivity contribution in [2.45, 2.75) is 12.8 Å². The summed E-state index contributed by atoms with van der Waals surface area (Å²) in [4.78, 5) is 0. The quantitative estimate of drug-likeness (QED) is 0.498. The van der Waals surface area contributed by atoms with Crippen molar-refractivity contribution in [1.29, 1.82) is 5.26 Å². The van der Waals surface area contributed by atoms with Crippen molar-refractivity contribution in [1.82, 2.24) is 5.32 Å². The van der Waals surface area contributed by atoms with Gasteiger partial charge < -0.3 is 5.32 Å². The number of nitrogens with one attached hydrogen (secondary N) is 1. The van der Waals surface area contributed by atoms with Gasteiger partial charge in [-0.2, -0.15) is 5.26 Å². The van der Waals surface area contributed by atoms with Gasteiger partial charge in [-0.25, -0.2) is 0 Å². The van der Waals surface area contributed by atoms with Crippen LogP contribution in [0.5, 0.6) is 0 Å². The van der Waals surface area contributed by atoms with Crippen LogP contribution in [-0.2, 0) is 0 Å². The SMILES string of the molecule is N#CC=C1CC2(CNC2)C1. The van der Waals surface area contributed by atoms with E-state index < -0.39 is 0 Å². The zero-order valence-corrected chi connectivity index (χ0v) is 5.85. The van der Waals surface area contributed by atoms with Crippen LogP contribution in [0.3, 0.4) is 0 Å². The van der Waals surface area contributed by atoms with E-state index in [4.69, 9.17) is 5.26 Å². The summed E-state index contributed by atoms with van der Waals surface area (Å²) in [5.74, 6) is 0. The maximum absolute atomic E-state index is 8.32. The van der Waals surface area contributed by atoms with Gasteiger partial charge in [-0.1, -0.05) is 5.57 Å². The Labute approximate surface area is 60.5 Å². The number of hydrogen-bond acceptors (Lipinski definition) is 2. The van der Waals surface area contributed by atoms with Crippen LogP contribution in [0, 0.1) is 16.7 Å². The minimum absolute atomic E-state index is 0.586. The van der Waals surface area contributed by atoms with Crippen LogP contribution in [0.25, 0.3) is 0 Å². The Morgan fingerprint density at radius 2 is 2.20 bits per heavy atom. The predicted molar refractivity (Wildman–Crippen MR) is 38.2 cm³/mol. The van der Waals surface area contributed by atoms with Crippen LogP contribution < -0.4 is 5.32 Å². The van der Waals surface area contributed by atoms with Crippen molar-refractivity contribution in [2.75, 3.05) is 13.1 Å². The molecule has 2 rings (SSSR count). The molecule has 2 nitrogen and oxygen atoms in total. The minimum atomic E-state index is 0.586. The van der Waals surface area contributed by atoms with E-state index in [1.165, 1.54) is 5.57 Å². The van der Waals surface area contributed by atoms with E-state index in [1.807, 2.05) is 0 Å². The fourth-order valence-electron chi connectivity index (χ4n) is 1.83. The minimum Gasteiger partial charge on any atom is -0.315 e. The van der Waals surface area contributed by atoms with Crippen molar-refractivity contribution < 1.29 is 0 Å². The molecular formula is C8H10N2. The molecule has 0 unspecified atom stereocenters. The van der Waals surface area contributed by atoms with Gasteiger partial charge in [0.25, 0.3) is 0 Å². The molecule has 0 aromatic rings. The first-order valence-corrected chi connectivity index (χ1v) is 3.63. The first-order valence-electron chi connectivity index (χ1n) is 3.63. The average Bonchev–Trinajstić information content (AvgIpc) is 1.72. The highest BCUT2D eigenvalue weighted by atomic mass is 15.0. The Hall–Kier alpha value is -0.810. The molecule has 52 valence electrons. The smallest absolute Gasteiger partial charge is 0.0911 e. The molecule has 0 radical (unpaired) electrons. The molecule has 2 fully saturated rings. The van der Waals surface area contributed by atoms with E-state index in [2.05, 4.69) is 11.4 Å². The Morgan fingerprint density at radius 1 is 1.50 bits per heavy atom. The second-order valence-electron chi connectivity index (χ2n) is 3.39. The molecule has 1 aliphatic carbocycles. The highest BCUT2D eigenvalue weighted by Gasteiger charge is 2.45. The lowest BCUT2D eigenvalue weighted by molar-refractivity contribution is 0.112. The number of allylic oxidation sites excluding steroid dienone is 2. The van der Waals surface area contributed by atoms with Gasteiger partial charge in [0.05, 0.1) is 6.07 Å². The van der Waals surface area contributed by atoms with E-state index in [0.717, 1.165) is 25.9 Å². The summed E-state index contributed by atoms with van der Waals surface area (Å²) in [7, 11) is 0. The first kappa shape index (κ1) is 5.94. The molecule has 0 aromatic carbocycles. The number of nitrogens with zero attached hydrogens (tertiary/aromatic N) is 1. The third-order valence-corrected chi connectivity index (χ3v) is 2.47. The molecule has 0 aromatic heterocycles. The molecule has 2 heteroatoms. The predicted octanol–water partition coefficient (Wildman–Crippen LogP) is 0.820. The lowest BCUT2D eigenvalue weighted by atomic mass is 9.62. The Morgan fingerprint density at radius 3 is 2.60 bits per heavy atom. The molecule has 0 bridgehead atoms. The van der Waals surface area contributed by atoms with Crippen molar-refractivity contribution in [2.24, 2.45) is 5.41 Å². The fraction of sp³-hybridized carbons (Fsp3) is 0.625. The lowest BCUT2D eigenvalue weighted by Gasteiger charge is -2.51. The normalized spacial score (nSPS) is 26.5. The van der Waals surface area contributed by atoms with E-state index in [0.29, 0.717) is 5.41 Å². The van der Waals surface area contributed by atoms with Crippen molar-refractivity contribution >= 4 is 0 Å². The van der Waals surface area contributed by atoms with E-state index in [9.17, 15) is 0 Å². The van der Waals surface area contributed by atoms with Gasteiger partial charge in [0, 0.05) is 24.6 Å². The molecule has 1 aliphatic heterocycles. The molecule has 1 saturated carbocycles. The lowest BCUT2D eigenvalue weighted by Crippen LogP contribution is -2.57. The summed E-state index contributed by atoms with van der Waals surface area (Å²) in [6.07, 6.45) is 4.02. The monoisotopic (exact) mass is 134 g/mol. The largest absolute Gasteiger partial charge is 0.315 e. The van der Waals surface area contributed by atoms with Gasteiger partial charge in [-0.05, 0) is 12.8 Å². The van der Waals surface area contributed by atoms with Gasteiger partial charge >= 0.3 is 0 Å². The van der Waals surface area contributed by atoms with Crippen LogP contribution in [0.15, 0.2) is 11.6 Å². The summed E-state index contributed by atoms with van der Waals surface area (Å²) in [6.45, 7) is 2.32. The van der Waals surface area contributed by atoms with Gasteiger partial charge in [-0.3, -0.25) is 0 Å². The summed E-state index contributed by atoms with van der Waals surface area (Å²) < 4.78 is 0. The molecule has 10 heavy (non-hydrogen) atoms. The third kappa shape index (κ3) is 0.676. The van der Waals surface area contributed by atoms with Crippen LogP contribution in [-0.4, -0.2) is 13.1 Å². The number of hydrogen-bond donors (Lipinski definition) is 1. The number of rotatable bonds is 0. The summed E-state index contributed by atoms with van der Waals surface area (Å²) >= 11 is 0. The van der Waals surface area contributed by atoms with E-state index in [-0.39, 0.29) is 0 Å². The van der Waals surface area contributed by atoms with Crippen molar-refractivity contribution in [3.63, 3.8) is 0 Å². The summed E-state index contributed by atoms with van der Waals surface area (Å²) in [6, 6.07) is 2.07. The van der Waals surface area contributed by atoms with E-state index >= 15 is 0 Å². The van der Waals surface area contributed by atoms with Gasteiger partial charge in [0.15, 0.2) is 0 Å². The standard InChI is InChI=1S/C8H10N2/c9-2-1-7-3-8(4-7)5-10-6-8/h1,10H,3-6H2. The Balaban J connectivity index is 1.95. The van der Waals surface area contributed by atoms with Crippen LogP contribution >= 0.6 is 0 Å². The number of nitriles is 1. The summed E-state index contributed by atoms with van der Waals surface area (Å²) in [5.41, 5.74) is 1.92. The zero-order valence-electron chi connectivity index (χ0n) is 5.85. The molecule has 1 N–H and O–H groups in total. The highest BCUT2D eigenvalue weighted by Crippen LogP contribution is 2.47. The van der Waals surface area contributed by atoms with Gasteiger partial charge in [-0.15, -0.1) is 0 Å². The second kappa shape index (κ2) is 1.83. The Kier molecular flexibility index (Phi) is 1.09.